The van der Waals surface area contributed by atoms with Crippen molar-refractivity contribution < 1.29 is 14.3 Å². The van der Waals surface area contributed by atoms with E-state index in [1.54, 1.807) is 6.07 Å². The normalized spacial score (nSPS) is 10.7. The van der Waals surface area contributed by atoms with E-state index in [4.69, 9.17) is 4.42 Å². The fourth-order valence-corrected chi connectivity index (χ4v) is 2.27. The number of carbonyl (C=O) groups excluding carboxylic acids is 1. The van der Waals surface area contributed by atoms with E-state index in [9.17, 15) is 14.7 Å². The van der Waals surface area contributed by atoms with Crippen molar-refractivity contribution >= 4 is 22.6 Å². The van der Waals surface area contributed by atoms with Gasteiger partial charge in [-0.2, -0.15) is 0 Å². The van der Waals surface area contributed by atoms with Crippen LogP contribution in [0, 0.1) is 13.8 Å². The van der Waals surface area contributed by atoms with Crippen molar-refractivity contribution in [3.8, 4) is 5.75 Å². The van der Waals surface area contributed by atoms with Crippen molar-refractivity contribution in [3.05, 3.63) is 69.6 Å². The molecule has 3 rings (SSSR count). The van der Waals surface area contributed by atoms with Gasteiger partial charge >= 0.3 is 0 Å². The number of amides is 1. The Balaban J connectivity index is 1.96. The molecule has 0 aliphatic carbocycles. The van der Waals surface area contributed by atoms with Crippen LogP contribution in [0.3, 0.4) is 0 Å². The molecule has 0 aliphatic heterocycles. The molecule has 0 saturated heterocycles. The zero-order valence-electron chi connectivity index (χ0n) is 12.7. The number of benzene rings is 2. The molecule has 23 heavy (non-hydrogen) atoms. The zero-order chi connectivity index (χ0) is 16.6. The second-order valence-electron chi connectivity index (χ2n) is 5.41. The van der Waals surface area contributed by atoms with Gasteiger partial charge in [-0.15, -0.1) is 0 Å². The van der Waals surface area contributed by atoms with Crippen molar-refractivity contribution in [2.24, 2.45) is 0 Å². The first kappa shape index (κ1) is 14.8. The van der Waals surface area contributed by atoms with E-state index >= 15 is 0 Å². The van der Waals surface area contributed by atoms with Crippen LogP contribution in [0.4, 0.5) is 5.69 Å². The maximum Gasteiger partial charge on any atom is 0.291 e. The van der Waals surface area contributed by atoms with Crippen LogP contribution in [-0.4, -0.2) is 11.0 Å². The third kappa shape index (κ3) is 2.94. The highest BCUT2D eigenvalue weighted by Gasteiger charge is 2.13. The molecule has 1 amide bonds. The van der Waals surface area contributed by atoms with Gasteiger partial charge in [-0.05, 0) is 55.3 Å². The van der Waals surface area contributed by atoms with E-state index in [2.05, 4.69) is 5.32 Å². The maximum absolute atomic E-state index is 12.3. The van der Waals surface area contributed by atoms with Crippen LogP contribution < -0.4 is 10.7 Å². The van der Waals surface area contributed by atoms with Crippen LogP contribution in [0.5, 0.6) is 5.75 Å². The highest BCUT2D eigenvalue weighted by atomic mass is 16.3. The summed E-state index contributed by atoms with van der Waals surface area (Å²) in [5.41, 5.74) is 2.68. The van der Waals surface area contributed by atoms with Gasteiger partial charge in [0.2, 0.25) is 0 Å². The van der Waals surface area contributed by atoms with E-state index in [0.29, 0.717) is 5.69 Å². The zero-order valence-corrected chi connectivity index (χ0v) is 12.7. The number of rotatable bonds is 2. The standard InChI is InChI=1S/C18H15NO4/c1-10-3-4-12(7-11(10)2)19-18(22)17-9-15(21)14-8-13(20)5-6-16(14)23-17/h3-9,20H,1-2H3,(H,19,22). The average molecular weight is 309 g/mol. The number of hydrogen-bond donors (Lipinski definition) is 2. The molecule has 1 heterocycles. The minimum absolute atomic E-state index is 0.0304. The molecular weight excluding hydrogens is 294 g/mol. The van der Waals surface area contributed by atoms with Gasteiger partial charge < -0.3 is 14.8 Å². The predicted molar refractivity (Wildman–Crippen MR) is 88.0 cm³/mol. The van der Waals surface area contributed by atoms with Crippen LogP contribution in [0.1, 0.15) is 21.7 Å². The van der Waals surface area contributed by atoms with E-state index in [-0.39, 0.29) is 27.9 Å². The fourth-order valence-electron chi connectivity index (χ4n) is 2.27. The number of anilines is 1. The summed E-state index contributed by atoms with van der Waals surface area (Å²) >= 11 is 0. The first-order chi connectivity index (χ1) is 10.9. The summed E-state index contributed by atoms with van der Waals surface area (Å²) in [5.74, 6) is -0.608. The van der Waals surface area contributed by atoms with Crippen LogP contribution >= 0.6 is 0 Å². The van der Waals surface area contributed by atoms with Gasteiger partial charge in [0.05, 0.1) is 5.39 Å². The summed E-state index contributed by atoms with van der Waals surface area (Å²) in [6.07, 6.45) is 0. The number of nitrogens with one attached hydrogen (secondary N) is 1. The minimum Gasteiger partial charge on any atom is -0.508 e. The van der Waals surface area contributed by atoms with Crippen molar-refractivity contribution in [2.45, 2.75) is 13.8 Å². The Labute approximate surface area is 132 Å². The van der Waals surface area contributed by atoms with Crippen LogP contribution in [0.25, 0.3) is 11.0 Å². The number of aryl methyl sites for hydroxylation is 2. The molecule has 0 saturated carbocycles. The molecule has 0 fully saturated rings. The largest absolute Gasteiger partial charge is 0.508 e. The molecule has 0 spiro atoms. The lowest BCUT2D eigenvalue weighted by molar-refractivity contribution is 0.0997. The Morgan fingerprint density at radius 2 is 1.83 bits per heavy atom. The van der Waals surface area contributed by atoms with Crippen LogP contribution in [0.15, 0.2) is 51.7 Å². The summed E-state index contributed by atoms with van der Waals surface area (Å²) < 4.78 is 5.46. The topological polar surface area (TPSA) is 79.5 Å². The predicted octanol–water partition coefficient (Wildman–Crippen LogP) is 3.37. The number of hydrogen-bond acceptors (Lipinski definition) is 4. The third-order valence-electron chi connectivity index (χ3n) is 3.70. The van der Waals surface area contributed by atoms with Crippen LogP contribution in [-0.2, 0) is 0 Å². The van der Waals surface area contributed by atoms with Crippen molar-refractivity contribution in [3.63, 3.8) is 0 Å². The van der Waals surface area contributed by atoms with Gasteiger partial charge in [-0.25, -0.2) is 0 Å². The lowest BCUT2D eigenvalue weighted by Gasteiger charge is -2.07. The highest BCUT2D eigenvalue weighted by Crippen LogP contribution is 2.19. The number of carbonyl (C=O) groups is 1. The van der Waals surface area contributed by atoms with Gasteiger partial charge in [-0.1, -0.05) is 6.07 Å². The van der Waals surface area contributed by atoms with Crippen molar-refractivity contribution in [2.75, 3.05) is 5.32 Å². The molecule has 0 radical (unpaired) electrons. The number of phenols is 1. The lowest BCUT2D eigenvalue weighted by Crippen LogP contribution is -2.15. The Hall–Kier alpha value is -3.08. The second kappa shape index (κ2) is 5.61. The maximum atomic E-state index is 12.3. The second-order valence-corrected chi connectivity index (χ2v) is 5.41. The molecule has 2 N–H and O–H groups in total. The molecule has 2 aromatic carbocycles. The monoisotopic (exact) mass is 309 g/mol. The van der Waals surface area contributed by atoms with Crippen LogP contribution in [0.2, 0.25) is 0 Å². The summed E-state index contributed by atoms with van der Waals surface area (Å²) in [5, 5.41) is 12.4. The van der Waals surface area contributed by atoms with Gasteiger partial charge in [0.1, 0.15) is 11.3 Å². The quantitative estimate of drug-likeness (QED) is 0.760. The number of fused-ring (bicyclic) bond motifs is 1. The average Bonchev–Trinajstić information content (AvgIpc) is 2.51. The fraction of sp³-hybridized carbons (Fsp3) is 0.111. The van der Waals surface area contributed by atoms with Gasteiger partial charge in [0.25, 0.3) is 5.91 Å². The molecule has 3 aromatic rings. The number of phenolic OH excluding ortho intramolecular Hbond substituents is 1. The van der Waals surface area contributed by atoms with Crippen molar-refractivity contribution in [1.29, 1.82) is 0 Å². The van der Waals surface area contributed by atoms with Gasteiger partial charge in [0.15, 0.2) is 11.2 Å². The molecule has 5 nitrogen and oxygen atoms in total. The molecule has 5 heteroatoms. The summed E-state index contributed by atoms with van der Waals surface area (Å²) in [4.78, 5) is 24.3. The van der Waals surface area contributed by atoms with E-state index in [0.717, 1.165) is 17.2 Å². The summed E-state index contributed by atoms with van der Waals surface area (Å²) in [6, 6.07) is 10.8. The Morgan fingerprint density at radius 1 is 1.04 bits per heavy atom. The summed E-state index contributed by atoms with van der Waals surface area (Å²) in [7, 11) is 0. The molecule has 0 atom stereocenters. The Kier molecular flexibility index (Phi) is 3.62. The van der Waals surface area contributed by atoms with Gasteiger partial charge in [-0.3, -0.25) is 9.59 Å². The highest BCUT2D eigenvalue weighted by molar-refractivity contribution is 6.03. The minimum atomic E-state index is -0.500. The van der Waals surface area contributed by atoms with E-state index < -0.39 is 5.91 Å². The van der Waals surface area contributed by atoms with E-state index in [1.165, 1.54) is 18.2 Å². The molecule has 1 aromatic heterocycles. The molecule has 116 valence electrons. The smallest absolute Gasteiger partial charge is 0.291 e. The lowest BCUT2D eigenvalue weighted by atomic mass is 10.1. The first-order valence-electron chi connectivity index (χ1n) is 7.09. The summed E-state index contributed by atoms with van der Waals surface area (Å²) in [6.45, 7) is 3.94. The Bertz CT molecular complexity index is 972. The SMILES string of the molecule is Cc1ccc(NC(=O)c2cc(=O)c3cc(O)ccc3o2)cc1C. The molecular formula is C18H15NO4. The Morgan fingerprint density at radius 3 is 2.57 bits per heavy atom. The van der Waals surface area contributed by atoms with Gasteiger partial charge in [0, 0.05) is 11.8 Å². The van der Waals surface area contributed by atoms with E-state index in [1.807, 2.05) is 26.0 Å². The van der Waals surface area contributed by atoms with Crippen molar-refractivity contribution in [1.82, 2.24) is 0 Å². The molecule has 0 unspecified atom stereocenters. The molecule has 0 bridgehead atoms. The number of aromatic hydroxyl groups is 1. The third-order valence-corrected chi connectivity index (χ3v) is 3.70. The molecule has 0 aliphatic rings. The first-order valence-corrected chi connectivity index (χ1v) is 7.09.